The summed E-state index contributed by atoms with van der Waals surface area (Å²) in [6.45, 7) is 2.64. The lowest BCUT2D eigenvalue weighted by molar-refractivity contribution is -0.384. The van der Waals surface area contributed by atoms with E-state index in [0.29, 0.717) is 40.8 Å². The van der Waals surface area contributed by atoms with Gasteiger partial charge in [-0.15, -0.1) is 0 Å². The SMILES string of the molecule is CCOC(=O)CCCCCN1C(=O)/C(=C/c2cccc([N+](=O)[O-])c2)SC1=S. The van der Waals surface area contributed by atoms with Crippen molar-refractivity contribution in [3.63, 3.8) is 0 Å². The smallest absolute Gasteiger partial charge is 0.305 e. The standard InChI is InChI=1S/C18H20N2O5S2/c1-2-25-16(21)9-4-3-5-10-19-17(22)15(27-18(19)26)12-13-7-6-8-14(11-13)20(23)24/h6-8,11-12H,2-5,9-10H2,1H3/b15-12-. The van der Waals surface area contributed by atoms with Crippen LogP contribution in [0.1, 0.15) is 38.2 Å². The Morgan fingerprint density at radius 2 is 2.15 bits per heavy atom. The molecule has 27 heavy (non-hydrogen) atoms. The van der Waals surface area contributed by atoms with Crippen LogP contribution in [0.15, 0.2) is 29.2 Å². The third-order valence-electron chi connectivity index (χ3n) is 3.82. The number of thiocarbonyl (C=S) groups is 1. The highest BCUT2D eigenvalue weighted by Crippen LogP contribution is 2.33. The second kappa shape index (κ2) is 10.2. The van der Waals surface area contributed by atoms with Crippen molar-refractivity contribution in [1.29, 1.82) is 0 Å². The van der Waals surface area contributed by atoms with Gasteiger partial charge in [0.15, 0.2) is 0 Å². The van der Waals surface area contributed by atoms with Crippen LogP contribution in [-0.2, 0) is 14.3 Å². The average molecular weight is 409 g/mol. The molecule has 0 aromatic heterocycles. The lowest BCUT2D eigenvalue weighted by Crippen LogP contribution is -2.29. The Morgan fingerprint density at radius 3 is 2.85 bits per heavy atom. The molecule has 1 aliphatic heterocycles. The number of amides is 1. The van der Waals surface area contributed by atoms with Crippen molar-refractivity contribution < 1.29 is 19.2 Å². The fourth-order valence-corrected chi connectivity index (χ4v) is 3.83. The van der Waals surface area contributed by atoms with Gasteiger partial charge in [-0.05, 0) is 31.4 Å². The number of ether oxygens (including phenoxy) is 1. The summed E-state index contributed by atoms with van der Waals surface area (Å²) in [6.07, 6.45) is 4.22. The number of carbonyl (C=O) groups is 2. The summed E-state index contributed by atoms with van der Waals surface area (Å²) >= 11 is 6.47. The summed E-state index contributed by atoms with van der Waals surface area (Å²) in [7, 11) is 0. The zero-order valence-electron chi connectivity index (χ0n) is 14.9. The first kappa shape index (κ1) is 21.0. The first-order chi connectivity index (χ1) is 12.9. The Balaban J connectivity index is 1.90. The maximum Gasteiger partial charge on any atom is 0.305 e. The third-order valence-corrected chi connectivity index (χ3v) is 5.20. The molecule has 1 aliphatic rings. The van der Waals surface area contributed by atoms with Crippen molar-refractivity contribution in [2.75, 3.05) is 13.2 Å². The summed E-state index contributed by atoms with van der Waals surface area (Å²) in [5, 5.41) is 10.9. The fourth-order valence-electron chi connectivity index (χ4n) is 2.52. The predicted molar refractivity (Wildman–Crippen MR) is 108 cm³/mol. The lowest BCUT2D eigenvalue weighted by Gasteiger charge is -2.13. The quantitative estimate of drug-likeness (QED) is 0.153. The van der Waals surface area contributed by atoms with Crippen LogP contribution in [0.3, 0.4) is 0 Å². The summed E-state index contributed by atoms with van der Waals surface area (Å²) < 4.78 is 5.35. The molecule has 0 aliphatic carbocycles. The van der Waals surface area contributed by atoms with E-state index in [2.05, 4.69) is 0 Å². The van der Waals surface area contributed by atoms with Gasteiger partial charge in [-0.1, -0.05) is 42.5 Å². The molecule has 0 radical (unpaired) electrons. The number of nitro benzene ring substituents is 1. The predicted octanol–water partition coefficient (Wildman–Crippen LogP) is 3.92. The Bertz CT molecular complexity index is 779. The Kier molecular flexibility index (Phi) is 7.93. The number of rotatable bonds is 9. The number of non-ortho nitro benzene ring substituents is 1. The normalized spacial score (nSPS) is 15.4. The zero-order chi connectivity index (χ0) is 19.8. The maximum atomic E-state index is 12.5. The van der Waals surface area contributed by atoms with Crippen molar-refractivity contribution in [3.05, 3.63) is 44.8 Å². The molecule has 0 saturated carbocycles. The maximum absolute atomic E-state index is 12.5. The number of hydrogen-bond donors (Lipinski definition) is 0. The number of carbonyl (C=O) groups excluding carboxylic acids is 2. The summed E-state index contributed by atoms with van der Waals surface area (Å²) in [5.74, 6) is -0.398. The lowest BCUT2D eigenvalue weighted by atomic mass is 10.1. The molecule has 0 bridgehead atoms. The zero-order valence-corrected chi connectivity index (χ0v) is 16.5. The molecule has 1 amide bonds. The molecule has 2 rings (SSSR count). The molecule has 1 saturated heterocycles. The molecular formula is C18H20N2O5S2. The van der Waals surface area contributed by atoms with Crippen molar-refractivity contribution in [2.45, 2.75) is 32.6 Å². The topological polar surface area (TPSA) is 89.8 Å². The van der Waals surface area contributed by atoms with E-state index in [-0.39, 0.29) is 17.6 Å². The first-order valence-electron chi connectivity index (χ1n) is 8.57. The highest BCUT2D eigenvalue weighted by Gasteiger charge is 2.31. The highest BCUT2D eigenvalue weighted by atomic mass is 32.2. The van der Waals surface area contributed by atoms with Gasteiger partial charge >= 0.3 is 5.97 Å². The van der Waals surface area contributed by atoms with E-state index in [9.17, 15) is 19.7 Å². The molecule has 144 valence electrons. The van der Waals surface area contributed by atoms with Gasteiger partial charge in [-0.3, -0.25) is 24.6 Å². The largest absolute Gasteiger partial charge is 0.466 e. The summed E-state index contributed by atoms with van der Waals surface area (Å²) in [5.41, 5.74) is 0.556. The molecular weight excluding hydrogens is 388 g/mol. The molecule has 1 aromatic carbocycles. The Morgan fingerprint density at radius 1 is 1.37 bits per heavy atom. The molecule has 0 unspecified atom stereocenters. The molecule has 0 atom stereocenters. The number of nitrogens with zero attached hydrogens (tertiary/aromatic N) is 2. The van der Waals surface area contributed by atoms with Gasteiger partial charge in [0.1, 0.15) is 4.32 Å². The molecule has 9 heteroatoms. The molecule has 1 heterocycles. The van der Waals surface area contributed by atoms with E-state index in [1.54, 1.807) is 25.1 Å². The number of benzene rings is 1. The average Bonchev–Trinajstić information content (AvgIpc) is 2.89. The molecule has 0 N–H and O–H groups in total. The van der Waals surface area contributed by atoms with E-state index in [1.165, 1.54) is 28.8 Å². The van der Waals surface area contributed by atoms with E-state index in [0.717, 1.165) is 12.8 Å². The van der Waals surface area contributed by atoms with E-state index >= 15 is 0 Å². The van der Waals surface area contributed by atoms with Crippen LogP contribution >= 0.6 is 24.0 Å². The van der Waals surface area contributed by atoms with Gasteiger partial charge < -0.3 is 4.74 Å². The van der Waals surface area contributed by atoms with Crippen LogP contribution in [0.4, 0.5) is 5.69 Å². The van der Waals surface area contributed by atoms with Crippen LogP contribution in [-0.4, -0.2) is 39.2 Å². The van der Waals surface area contributed by atoms with E-state index < -0.39 is 4.92 Å². The van der Waals surface area contributed by atoms with Crippen molar-refractivity contribution in [2.24, 2.45) is 0 Å². The minimum atomic E-state index is -0.473. The number of unbranched alkanes of at least 4 members (excludes halogenated alkanes) is 2. The molecule has 1 fully saturated rings. The van der Waals surface area contributed by atoms with Gasteiger partial charge in [0.25, 0.3) is 11.6 Å². The van der Waals surface area contributed by atoms with Gasteiger partial charge in [0.05, 0.1) is 16.4 Å². The Labute approximate surface area is 166 Å². The number of thioether (sulfide) groups is 1. The highest BCUT2D eigenvalue weighted by molar-refractivity contribution is 8.26. The fraction of sp³-hybridized carbons (Fsp3) is 0.389. The monoisotopic (exact) mass is 408 g/mol. The van der Waals surface area contributed by atoms with Crippen molar-refractivity contribution in [1.82, 2.24) is 4.90 Å². The van der Waals surface area contributed by atoms with Crippen LogP contribution in [0, 0.1) is 10.1 Å². The van der Waals surface area contributed by atoms with Crippen LogP contribution in [0.5, 0.6) is 0 Å². The third kappa shape index (κ3) is 6.14. The van der Waals surface area contributed by atoms with Crippen molar-refractivity contribution >= 4 is 51.9 Å². The second-order valence-corrected chi connectivity index (χ2v) is 7.48. The minimum Gasteiger partial charge on any atom is -0.466 e. The van der Waals surface area contributed by atoms with Gasteiger partial charge in [-0.25, -0.2) is 0 Å². The van der Waals surface area contributed by atoms with E-state index in [4.69, 9.17) is 17.0 Å². The van der Waals surface area contributed by atoms with Gasteiger partial charge in [0, 0.05) is 25.1 Å². The van der Waals surface area contributed by atoms with E-state index in [1.807, 2.05) is 0 Å². The van der Waals surface area contributed by atoms with Crippen molar-refractivity contribution in [3.8, 4) is 0 Å². The van der Waals surface area contributed by atoms with Gasteiger partial charge in [0.2, 0.25) is 0 Å². The minimum absolute atomic E-state index is 0.0270. The van der Waals surface area contributed by atoms with Gasteiger partial charge in [-0.2, -0.15) is 0 Å². The van der Waals surface area contributed by atoms with Crippen LogP contribution in [0.2, 0.25) is 0 Å². The Hall–Kier alpha value is -2.26. The first-order valence-corrected chi connectivity index (χ1v) is 9.80. The second-order valence-electron chi connectivity index (χ2n) is 5.80. The van der Waals surface area contributed by atoms with Crippen LogP contribution in [0.25, 0.3) is 6.08 Å². The molecule has 0 spiro atoms. The number of nitro groups is 1. The number of hydrogen-bond acceptors (Lipinski definition) is 7. The summed E-state index contributed by atoms with van der Waals surface area (Å²) in [4.78, 5) is 36.2. The van der Waals surface area contributed by atoms with Crippen LogP contribution < -0.4 is 0 Å². The molecule has 1 aromatic rings. The number of esters is 1. The molecule has 7 nitrogen and oxygen atoms in total. The summed E-state index contributed by atoms with van der Waals surface area (Å²) in [6, 6.07) is 6.10.